The SMILES string of the molecule is CN(CC1(O)CCCC1)C(=O)Nc1ccc([N+](=O)[O-])cc1. The lowest BCUT2D eigenvalue weighted by Gasteiger charge is -2.28. The van der Waals surface area contributed by atoms with Gasteiger partial charge < -0.3 is 15.3 Å². The van der Waals surface area contributed by atoms with E-state index >= 15 is 0 Å². The van der Waals surface area contributed by atoms with Gasteiger partial charge in [0.1, 0.15) is 0 Å². The average Bonchev–Trinajstić information content (AvgIpc) is 2.85. The van der Waals surface area contributed by atoms with E-state index in [1.54, 1.807) is 7.05 Å². The van der Waals surface area contributed by atoms with Crippen molar-refractivity contribution >= 4 is 17.4 Å². The van der Waals surface area contributed by atoms with Crippen molar-refractivity contribution in [3.05, 3.63) is 34.4 Å². The molecule has 7 heteroatoms. The Kier molecular flexibility index (Phi) is 4.42. The van der Waals surface area contributed by atoms with Crippen molar-refractivity contribution in [3.8, 4) is 0 Å². The molecule has 0 atom stereocenters. The highest BCUT2D eigenvalue weighted by atomic mass is 16.6. The first-order chi connectivity index (χ1) is 9.89. The van der Waals surface area contributed by atoms with Crippen LogP contribution in [0.25, 0.3) is 0 Å². The van der Waals surface area contributed by atoms with E-state index < -0.39 is 10.5 Å². The number of likely N-dealkylation sites (N-methyl/N-ethyl adjacent to an activating group) is 1. The Morgan fingerprint density at radius 1 is 1.38 bits per heavy atom. The summed E-state index contributed by atoms with van der Waals surface area (Å²) in [5.41, 5.74) is -0.334. The third-order valence-corrected chi connectivity index (χ3v) is 3.74. The monoisotopic (exact) mass is 293 g/mol. The fraction of sp³-hybridized carbons (Fsp3) is 0.500. The summed E-state index contributed by atoms with van der Waals surface area (Å²) in [6.07, 6.45) is 3.38. The molecule has 1 aromatic carbocycles. The zero-order chi connectivity index (χ0) is 15.5. The summed E-state index contributed by atoms with van der Waals surface area (Å²) in [5.74, 6) is 0. The second-order valence-electron chi connectivity index (χ2n) is 5.52. The molecule has 0 heterocycles. The van der Waals surface area contributed by atoms with Gasteiger partial charge >= 0.3 is 6.03 Å². The van der Waals surface area contributed by atoms with Gasteiger partial charge in [0.2, 0.25) is 0 Å². The van der Waals surface area contributed by atoms with Crippen LogP contribution in [0, 0.1) is 10.1 Å². The van der Waals surface area contributed by atoms with E-state index in [2.05, 4.69) is 5.32 Å². The molecule has 0 saturated heterocycles. The number of rotatable bonds is 4. The van der Waals surface area contributed by atoms with Gasteiger partial charge in [0.05, 0.1) is 17.1 Å². The number of nitro groups is 1. The van der Waals surface area contributed by atoms with Crippen molar-refractivity contribution in [2.24, 2.45) is 0 Å². The number of hydrogen-bond acceptors (Lipinski definition) is 4. The number of nitrogens with zero attached hydrogens (tertiary/aromatic N) is 2. The van der Waals surface area contributed by atoms with Gasteiger partial charge in [-0.1, -0.05) is 12.8 Å². The molecule has 7 nitrogen and oxygen atoms in total. The van der Waals surface area contributed by atoms with Gasteiger partial charge in [-0.05, 0) is 25.0 Å². The lowest BCUT2D eigenvalue weighted by atomic mass is 10.0. The zero-order valence-corrected chi connectivity index (χ0v) is 11.9. The largest absolute Gasteiger partial charge is 0.388 e. The van der Waals surface area contributed by atoms with E-state index in [0.29, 0.717) is 18.5 Å². The fourth-order valence-corrected chi connectivity index (χ4v) is 2.59. The molecule has 1 aliphatic carbocycles. The summed E-state index contributed by atoms with van der Waals surface area (Å²) in [7, 11) is 1.62. The Hall–Kier alpha value is -2.15. The summed E-state index contributed by atoms with van der Waals surface area (Å²) in [4.78, 5) is 23.5. The second-order valence-corrected chi connectivity index (χ2v) is 5.52. The first-order valence-corrected chi connectivity index (χ1v) is 6.89. The minimum absolute atomic E-state index is 0.0263. The van der Waals surface area contributed by atoms with Crippen LogP contribution in [0.4, 0.5) is 16.2 Å². The average molecular weight is 293 g/mol. The molecule has 1 fully saturated rings. The maximum absolute atomic E-state index is 12.0. The molecule has 0 bridgehead atoms. The van der Waals surface area contributed by atoms with Crippen molar-refractivity contribution in [2.45, 2.75) is 31.3 Å². The Bertz CT molecular complexity index is 524. The van der Waals surface area contributed by atoms with Crippen LogP contribution >= 0.6 is 0 Å². The fourth-order valence-electron chi connectivity index (χ4n) is 2.59. The number of hydrogen-bond donors (Lipinski definition) is 2. The van der Waals surface area contributed by atoms with Crippen molar-refractivity contribution < 1.29 is 14.8 Å². The maximum atomic E-state index is 12.0. The highest BCUT2D eigenvalue weighted by Gasteiger charge is 2.33. The molecule has 0 aromatic heterocycles. The van der Waals surface area contributed by atoms with Gasteiger partial charge in [-0.2, -0.15) is 0 Å². The Morgan fingerprint density at radius 3 is 2.48 bits per heavy atom. The predicted molar refractivity (Wildman–Crippen MR) is 78.2 cm³/mol. The van der Waals surface area contributed by atoms with Crippen LogP contribution in [0.5, 0.6) is 0 Å². The molecular weight excluding hydrogens is 274 g/mol. The molecule has 0 aliphatic heterocycles. The molecule has 1 aliphatic rings. The number of nitrogens with one attached hydrogen (secondary N) is 1. The van der Waals surface area contributed by atoms with Crippen LogP contribution in [-0.4, -0.2) is 40.2 Å². The van der Waals surface area contributed by atoms with E-state index in [4.69, 9.17) is 0 Å². The van der Waals surface area contributed by atoms with Gasteiger partial charge in [-0.15, -0.1) is 0 Å². The summed E-state index contributed by atoms with van der Waals surface area (Å²) in [6, 6.07) is 5.28. The molecule has 1 aromatic rings. The number of benzene rings is 1. The molecule has 0 radical (unpaired) electrons. The van der Waals surface area contributed by atoms with Crippen molar-refractivity contribution in [1.29, 1.82) is 0 Å². The van der Waals surface area contributed by atoms with Crippen LogP contribution in [0.15, 0.2) is 24.3 Å². The first-order valence-electron chi connectivity index (χ1n) is 6.89. The first kappa shape index (κ1) is 15.2. The van der Waals surface area contributed by atoms with Crippen LogP contribution < -0.4 is 5.32 Å². The molecule has 0 unspecified atom stereocenters. The zero-order valence-electron chi connectivity index (χ0n) is 11.9. The summed E-state index contributed by atoms with van der Waals surface area (Å²) in [6.45, 7) is 0.284. The molecule has 2 rings (SSSR count). The highest BCUT2D eigenvalue weighted by molar-refractivity contribution is 5.89. The number of nitro benzene ring substituents is 1. The maximum Gasteiger partial charge on any atom is 0.321 e. The Balaban J connectivity index is 1.92. The molecule has 0 spiro atoms. The number of non-ortho nitro benzene ring substituents is 1. The number of amides is 2. The molecular formula is C14H19N3O4. The van der Waals surface area contributed by atoms with Crippen LogP contribution in [0.3, 0.4) is 0 Å². The van der Waals surface area contributed by atoms with Crippen molar-refractivity contribution in [2.75, 3.05) is 18.9 Å². The second kappa shape index (κ2) is 6.09. The summed E-state index contributed by atoms with van der Waals surface area (Å²) in [5, 5.41) is 23.5. The van der Waals surface area contributed by atoms with Crippen molar-refractivity contribution in [3.63, 3.8) is 0 Å². The topological polar surface area (TPSA) is 95.7 Å². The number of urea groups is 1. The third-order valence-electron chi connectivity index (χ3n) is 3.74. The van der Waals surface area contributed by atoms with Gasteiger partial charge in [0, 0.05) is 24.9 Å². The van der Waals surface area contributed by atoms with Gasteiger partial charge in [0.15, 0.2) is 0 Å². The third kappa shape index (κ3) is 3.91. The smallest absolute Gasteiger partial charge is 0.321 e. The van der Waals surface area contributed by atoms with E-state index in [9.17, 15) is 20.0 Å². The van der Waals surface area contributed by atoms with E-state index in [-0.39, 0.29) is 18.3 Å². The van der Waals surface area contributed by atoms with Crippen LogP contribution in [0.1, 0.15) is 25.7 Å². The number of carbonyl (C=O) groups is 1. The van der Waals surface area contributed by atoms with Gasteiger partial charge in [-0.3, -0.25) is 10.1 Å². The van der Waals surface area contributed by atoms with Crippen LogP contribution in [-0.2, 0) is 0 Å². The van der Waals surface area contributed by atoms with Crippen LogP contribution in [0.2, 0.25) is 0 Å². The summed E-state index contributed by atoms with van der Waals surface area (Å²) >= 11 is 0. The molecule has 114 valence electrons. The Labute approximate surface area is 122 Å². The molecule has 21 heavy (non-hydrogen) atoms. The van der Waals surface area contributed by atoms with E-state index in [0.717, 1.165) is 12.8 Å². The lowest BCUT2D eigenvalue weighted by Crippen LogP contribution is -2.43. The number of aliphatic hydroxyl groups is 1. The summed E-state index contributed by atoms with van der Waals surface area (Å²) < 4.78 is 0. The van der Waals surface area contributed by atoms with Gasteiger partial charge in [0.25, 0.3) is 5.69 Å². The highest BCUT2D eigenvalue weighted by Crippen LogP contribution is 2.30. The normalized spacial score (nSPS) is 16.5. The number of carbonyl (C=O) groups excluding carboxylic acids is 1. The molecule has 2 N–H and O–H groups in total. The molecule has 1 saturated carbocycles. The van der Waals surface area contributed by atoms with E-state index in [1.165, 1.54) is 29.2 Å². The predicted octanol–water partition coefficient (Wildman–Crippen LogP) is 2.36. The lowest BCUT2D eigenvalue weighted by molar-refractivity contribution is -0.384. The minimum atomic E-state index is -0.790. The standard InChI is InChI=1S/C14H19N3O4/c1-16(10-14(19)8-2-3-9-14)13(18)15-11-4-6-12(7-5-11)17(20)21/h4-7,19H,2-3,8-10H2,1H3,(H,15,18). The van der Waals surface area contributed by atoms with E-state index in [1.807, 2.05) is 0 Å². The molecule has 2 amide bonds. The van der Waals surface area contributed by atoms with Crippen molar-refractivity contribution in [1.82, 2.24) is 4.90 Å². The Morgan fingerprint density at radius 2 is 1.95 bits per heavy atom. The minimum Gasteiger partial charge on any atom is -0.388 e. The number of anilines is 1. The van der Waals surface area contributed by atoms with Gasteiger partial charge in [-0.25, -0.2) is 4.79 Å². The quantitative estimate of drug-likeness (QED) is 0.658.